The highest BCUT2D eigenvalue weighted by Crippen LogP contribution is 2.37. The van der Waals surface area contributed by atoms with Crippen molar-refractivity contribution in [1.29, 1.82) is 0 Å². The molecular formula is C13H19Cl2N3. The van der Waals surface area contributed by atoms with Gasteiger partial charge in [0.05, 0.1) is 15.6 Å². The van der Waals surface area contributed by atoms with E-state index in [2.05, 4.69) is 17.2 Å². The number of rotatable bonds is 3. The Labute approximate surface area is 118 Å². The number of hydrogen-bond acceptors (Lipinski definition) is 3. The largest absolute Gasteiger partial charge is 0.362 e. The highest BCUT2D eigenvalue weighted by Gasteiger charge is 2.37. The SMILES string of the molecule is CC1CCCCC1(CN)Nc1ncc(Cl)cc1Cl. The molecule has 2 atom stereocenters. The number of hydrogen-bond donors (Lipinski definition) is 2. The van der Waals surface area contributed by atoms with Gasteiger partial charge in [-0.1, -0.05) is 43.0 Å². The lowest BCUT2D eigenvalue weighted by Crippen LogP contribution is -2.52. The summed E-state index contributed by atoms with van der Waals surface area (Å²) < 4.78 is 0. The first-order valence-electron chi connectivity index (χ1n) is 6.37. The van der Waals surface area contributed by atoms with E-state index in [9.17, 15) is 0 Å². The van der Waals surface area contributed by atoms with Crippen molar-refractivity contribution in [2.24, 2.45) is 11.7 Å². The molecule has 1 aliphatic carbocycles. The minimum absolute atomic E-state index is 0.0945. The average molecular weight is 288 g/mol. The number of aromatic nitrogens is 1. The van der Waals surface area contributed by atoms with Crippen LogP contribution in [0.3, 0.4) is 0 Å². The van der Waals surface area contributed by atoms with Crippen LogP contribution >= 0.6 is 23.2 Å². The Morgan fingerprint density at radius 3 is 2.89 bits per heavy atom. The molecule has 0 bridgehead atoms. The molecule has 1 aromatic rings. The number of anilines is 1. The molecule has 100 valence electrons. The van der Waals surface area contributed by atoms with Gasteiger partial charge in [-0.25, -0.2) is 4.98 Å². The van der Waals surface area contributed by atoms with Crippen molar-refractivity contribution in [3.8, 4) is 0 Å². The molecule has 1 saturated carbocycles. The lowest BCUT2D eigenvalue weighted by atomic mass is 9.73. The Hall–Kier alpha value is -0.510. The third-order valence-corrected chi connectivity index (χ3v) is 4.49. The predicted octanol–water partition coefficient (Wildman–Crippen LogP) is 3.71. The van der Waals surface area contributed by atoms with Crippen LogP contribution in [-0.2, 0) is 0 Å². The first-order chi connectivity index (χ1) is 8.57. The Bertz CT molecular complexity index is 425. The first-order valence-corrected chi connectivity index (χ1v) is 7.12. The summed E-state index contributed by atoms with van der Waals surface area (Å²) in [6, 6.07) is 1.70. The maximum absolute atomic E-state index is 6.17. The van der Waals surface area contributed by atoms with Crippen molar-refractivity contribution in [3.63, 3.8) is 0 Å². The van der Waals surface area contributed by atoms with E-state index in [1.807, 2.05) is 0 Å². The Morgan fingerprint density at radius 2 is 2.28 bits per heavy atom. The van der Waals surface area contributed by atoms with Gasteiger partial charge in [-0.15, -0.1) is 0 Å². The van der Waals surface area contributed by atoms with E-state index in [4.69, 9.17) is 28.9 Å². The first kappa shape index (κ1) is 13.9. The van der Waals surface area contributed by atoms with Gasteiger partial charge in [-0.2, -0.15) is 0 Å². The molecule has 1 aromatic heterocycles. The second-order valence-electron chi connectivity index (χ2n) is 5.12. The van der Waals surface area contributed by atoms with Gasteiger partial charge in [-0.3, -0.25) is 0 Å². The summed E-state index contributed by atoms with van der Waals surface area (Å²) >= 11 is 12.0. The van der Waals surface area contributed by atoms with Gasteiger partial charge in [0.1, 0.15) is 5.82 Å². The van der Waals surface area contributed by atoms with Gasteiger partial charge >= 0.3 is 0 Å². The number of pyridine rings is 1. The molecule has 1 aliphatic rings. The molecular weight excluding hydrogens is 269 g/mol. The fourth-order valence-electron chi connectivity index (χ4n) is 2.70. The monoisotopic (exact) mass is 287 g/mol. The zero-order valence-corrected chi connectivity index (χ0v) is 12.1. The summed E-state index contributed by atoms with van der Waals surface area (Å²) in [5.74, 6) is 1.20. The molecule has 3 nitrogen and oxygen atoms in total. The zero-order chi connectivity index (χ0) is 13.2. The van der Waals surface area contributed by atoms with Crippen LogP contribution in [-0.4, -0.2) is 17.1 Å². The average Bonchev–Trinajstić information content (AvgIpc) is 2.35. The van der Waals surface area contributed by atoms with Gasteiger partial charge in [0.15, 0.2) is 0 Å². The van der Waals surface area contributed by atoms with Gasteiger partial charge in [0, 0.05) is 12.7 Å². The van der Waals surface area contributed by atoms with Gasteiger partial charge in [0.2, 0.25) is 0 Å². The zero-order valence-electron chi connectivity index (χ0n) is 10.5. The molecule has 3 N–H and O–H groups in total. The molecule has 18 heavy (non-hydrogen) atoms. The Morgan fingerprint density at radius 1 is 1.50 bits per heavy atom. The van der Waals surface area contributed by atoms with Crippen molar-refractivity contribution in [1.82, 2.24) is 4.98 Å². The number of nitrogens with one attached hydrogen (secondary N) is 1. The van der Waals surface area contributed by atoms with E-state index in [1.54, 1.807) is 12.3 Å². The third-order valence-electron chi connectivity index (χ3n) is 3.99. The molecule has 0 saturated heterocycles. The van der Waals surface area contributed by atoms with Crippen molar-refractivity contribution in [3.05, 3.63) is 22.3 Å². The minimum Gasteiger partial charge on any atom is -0.362 e. The highest BCUT2D eigenvalue weighted by molar-refractivity contribution is 6.35. The second-order valence-corrected chi connectivity index (χ2v) is 5.96. The van der Waals surface area contributed by atoms with Gasteiger partial charge < -0.3 is 11.1 Å². The summed E-state index contributed by atoms with van der Waals surface area (Å²) in [5.41, 5.74) is 5.90. The highest BCUT2D eigenvalue weighted by atomic mass is 35.5. The summed E-state index contributed by atoms with van der Waals surface area (Å²) in [6.45, 7) is 2.83. The van der Waals surface area contributed by atoms with Crippen molar-refractivity contribution in [2.45, 2.75) is 38.1 Å². The minimum atomic E-state index is -0.0945. The van der Waals surface area contributed by atoms with Crippen molar-refractivity contribution in [2.75, 3.05) is 11.9 Å². The maximum atomic E-state index is 6.17. The number of nitrogens with zero attached hydrogens (tertiary/aromatic N) is 1. The lowest BCUT2D eigenvalue weighted by Gasteiger charge is -2.43. The molecule has 2 unspecified atom stereocenters. The van der Waals surface area contributed by atoms with Crippen LogP contribution in [0, 0.1) is 5.92 Å². The maximum Gasteiger partial charge on any atom is 0.145 e. The van der Waals surface area contributed by atoms with Crippen LogP contribution in [0.1, 0.15) is 32.6 Å². The topological polar surface area (TPSA) is 50.9 Å². The van der Waals surface area contributed by atoms with E-state index < -0.39 is 0 Å². The summed E-state index contributed by atoms with van der Waals surface area (Å²) in [4.78, 5) is 4.27. The predicted molar refractivity (Wildman–Crippen MR) is 77.3 cm³/mol. The molecule has 1 heterocycles. The normalized spacial score (nSPS) is 28.1. The second kappa shape index (κ2) is 5.64. The molecule has 0 aromatic carbocycles. The van der Waals surface area contributed by atoms with E-state index in [1.165, 1.54) is 19.3 Å². The molecule has 1 fully saturated rings. The van der Waals surface area contributed by atoms with E-state index in [-0.39, 0.29) is 5.54 Å². The molecule has 0 radical (unpaired) electrons. The van der Waals surface area contributed by atoms with Gasteiger partial charge in [-0.05, 0) is 24.8 Å². The van der Waals surface area contributed by atoms with Crippen LogP contribution in [0.4, 0.5) is 5.82 Å². The smallest absolute Gasteiger partial charge is 0.145 e. The lowest BCUT2D eigenvalue weighted by molar-refractivity contribution is 0.235. The van der Waals surface area contributed by atoms with E-state index in [0.717, 1.165) is 6.42 Å². The third kappa shape index (κ3) is 2.73. The molecule has 0 aliphatic heterocycles. The molecule has 2 rings (SSSR count). The number of halogens is 2. The Kier molecular flexibility index (Phi) is 4.36. The molecule has 5 heteroatoms. The Balaban J connectivity index is 2.24. The van der Waals surface area contributed by atoms with Crippen LogP contribution < -0.4 is 11.1 Å². The molecule has 0 amide bonds. The van der Waals surface area contributed by atoms with Crippen LogP contribution in [0.2, 0.25) is 10.0 Å². The standard InChI is InChI=1S/C13H19Cl2N3/c1-9-4-2-3-5-13(9,8-16)18-12-11(15)6-10(14)7-17-12/h6-7,9H,2-5,8,16H2,1H3,(H,17,18). The van der Waals surface area contributed by atoms with E-state index >= 15 is 0 Å². The van der Waals surface area contributed by atoms with Crippen molar-refractivity contribution < 1.29 is 0 Å². The number of nitrogens with two attached hydrogens (primary N) is 1. The van der Waals surface area contributed by atoms with Crippen LogP contribution in [0.25, 0.3) is 0 Å². The summed E-state index contributed by atoms with van der Waals surface area (Å²) in [5, 5.41) is 4.56. The fraction of sp³-hybridized carbons (Fsp3) is 0.615. The quantitative estimate of drug-likeness (QED) is 0.891. The van der Waals surface area contributed by atoms with Crippen molar-refractivity contribution >= 4 is 29.0 Å². The summed E-state index contributed by atoms with van der Waals surface area (Å²) in [6.07, 6.45) is 6.32. The van der Waals surface area contributed by atoms with Gasteiger partial charge in [0.25, 0.3) is 0 Å². The van der Waals surface area contributed by atoms with Crippen LogP contribution in [0.15, 0.2) is 12.3 Å². The molecule has 0 spiro atoms. The fourth-order valence-corrected chi connectivity index (χ4v) is 3.12. The van der Waals surface area contributed by atoms with E-state index in [0.29, 0.717) is 28.3 Å². The summed E-state index contributed by atoms with van der Waals surface area (Å²) in [7, 11) is 0. The van der Waals surface area contributed by atoms with Crippen LogP contribution in [0.5, 0.6) is 0 Å².